The molecule has 0 spiro atoms. The van der Waals surface area contributed by atoms with Crippen LogP contribution in [-0.4, -0.2) is 73.5 Å². The molecule has 8 rings (SSSR count). The normalized spacial score (nSPS) is 14.4. The van der Waals surface area contributed by atoms with Crippen molar-refractivity contribution in [2.45, 2.75) is 56.2 Å². The second-order valence-electron chi connectivity index (χ2n) is 15.3. The van der Waals surface area contributed by atoms with E-state index in [1.807, 2.05) is 152 Å². The van der Waals surface area contributed by atoms with Crippen molar-refractivity contribution in [3.05, 3.63) is 211 Å². The van der Waals surface area contributed by atoms with Gasteiger partial charge in [-0.15, -0.1) is 0 Å². The van der Waals surface area contributed by atoms with Crippen LogP contribution in [-0.2, 0) is 51.0 Å². The summed E-state index contributed by atoms with van der Waals surface area (Å²) >= 11 is 6.90. The minimum atomic E-state index is -1.89. The number of aryl methyl sites for hydroxylation is 2. The standard InChI is InChI=1S/C27H24BrNO4.C17H17NO2.C9H9BrO.CO2/c1-32-25(30)27(26(31)33-2,23-16-14-18-13-15-21(28)17-22(18)23)29-24(19-9-5-3-6-10-19)20-11-7-4-8-12-20;1-13(17(19)20-2)18-16(14-9-5-3-6-10-14)15-11-7-4-8-12-15;10-7-3-1-6-2-4-9(11)8(6)5-7;2-1-3/h3-13,15,17,23H,14,16H2,1-2H3;3-13H,1-2H3;1,3,5,9,11H,2,4H2;/t23-;;9-;/m1.0./s1. The zero-order valence-electron chi connectivity index (χ0n) is 37.4. The van der Waals surface area contributed by atoms with Crippen molar-refractivity contribution in [1.29, 1.82) is 0 Å². The second kappa shape index (κ2) is 25.3. The molecule has 0 bridgehead atoms. The molecule has 0 radical (unpaired) electrons. The van der Waals surface area contributed by atoms with Crippen LogP contribution in [0.1, 0.15) is 76.3 Å². The molecule has 0 saturated carbocycles. The molecule has 1 N–H and O–H groups in total. The van der Waals surface area contributed by atoms with Gasteiger partial charge < -0.3 is 19.3 Å². The van der Waals surface area contributed by atoms with Crippen molar-refractivity contribution >= 4 is 67.3 Å². The maximum atomic E-state index is 13.5. The molecule has 1 unspecified atom stereocenters. The number of halogens is 2. The van der Waals surface area contributed by atoms with Gasteiger partial charge in [-0.05, 0) is 79.1 Å². The van der Waals surface area contributed by atoms with Crippen molar-refractivity contribution in [1.82, 2.24) is 0 Å². The fraction of sp³-hybridized carbons (Fsp3) is 0.222. The number of hydrogen-bond acceptors (Lipinski definition) is 11. The van der Waals surface area contributed by atoms with Gasteiger partial charge in [-0.1, -0.05) is 165 Å². The number of fused-ring (bicyclic) bond motifs is 2. The minimum Gasteiger partial charge on any atom is -0.467 e. The Morgan fingerprint density at radius 2 is 0.985 bits per heavy atom. The summed E-state index contributed by atoms with van der Waals surface area (Å²) in [5, 5.41) is 9.48. The van der Waals surface area contributed by atoms with Crippen LogP contribution in [0.5, 0.6) is 0 Å². The molecule has 0 aromatic heterocycles. The van der Waals surface area contributed by atoms with Crippen LogP contribution >= 0.6 is 31.9 Å². The SMILES string of the molecule is COC(=O)C(C)N=C(c1ccccc1)c1ccccc1.COC(=O)C(N=C(c1ccccc1)c1ccccc1)(C(=O)OC)[C@@H]1CCc2ccc(Br)cc21.O=C=O.O[C@H]1CCc2ccc(Br)cc21. The zero-order valence-corrected chi connectivity index (χ0v) is 40.6. The molecule has 6 aromatic carbocycles. The number of carbonyl (C=O) groups excluding carboxylic acids is 5. The van der Waals surface area contributed by atoms with Crippen molar-refractivity contribution in [3.8, 4) is 0 Å². The highest BCUT2D eigenvalue weighted by atomic mass is 79.9. The van der Waals surface area contributed by atoms with Crippen molar-refractivity contribution in [2.75, 3.05) is 21.3 Å². The number of aliphatic hydroxyl groups excluding tert-OH is 1. The van der Waals surface area contributed by atoms with E-state index in [0.29, 0.717) is 12.1 Å². The molecular weight excluding hydrogens is 980 g/mol. The summed E-state index contributed by atoms with van der Waals surface area (Å²) < 4.78 is 17.1. The van der Waals surface area contributed by atoms with E-state index in [1.165, 1.54) is 26.9 Å². The fourth-order valence-electron chi connectivity index (χ4n) is 8.00. The van der Waals surface area contributed by atoms with E-state index in [4.69, 9.17) is 28.8 Å². The van der Waals surface area contributed by atoms with Crippen LogP contribution < -0.4 is 0 Å². The highest BCUT2D eigenvalue weighted by Crippen LogP contribution is 2.45. The number of hydrogen-bond donors (Lipinski definition) is 1. The Bertz CT molecular complexity index is 2590. The number of benzene rings is 6. The molecule has 0 heterocycles. The molecule has 11 nitrogen and oxygen atoms in total. The first kappa shape index (κ1) is 51.4. The highest BCUT2D eigenvalue weighted by molar-refractivity contribution is 9.10. The molecule has 2 aliphatic carbocycles. The van der Waals surface area contributed by atoms with Crippen LogP contribution in [0.25, 0.3) is 0 Å². The predicted molar refractivity (Wildman–Crippen MR) is 263 cm³/mol. The van der Waals surface area contributed by atoms with Crippen LogP contribution in [0.4, 0.5) is 0 Å². The Labute approximate surface area is 407 Å². The summed E-state index contributed by atoms with van der Waals surface area (Å²) in [5.41, 5.74) is 7.32. The first-order valence-electron chi connectivity index (χ1n) is 21.3. The van der Waals surface area contributed by atoms with Crippen LogP contribution in [0, 0.1) is 0 Å². The number of methoxy groups -OCH3 is 3. The largest absolute Gasteiger partial charge is 0.467 e. The zero-order chi connectivity index (χ0) is 48.3. The van der Waals surface area contributed by atoms with E-state index in [2.05, 4.69) is 42.9 Å². The first-order chi connectivity index (χ1) is 32.4. The molecule has 67 heavy (non-hydrogen) atoms. The average Bonchev–Trinajstić information content (AvgIpc) is 3.96. The molecular formula is C54H50Br2N2O9. The Kier molecular flexibility index (Phi) is 19.4. The summed E-state index contributed by atoms with van der Waals surface area (Å²) in [7, 11) is 3.92. The summed E-state index contributed by atoms with van der Waals surface area (Å²) in [5.74, 6) is -2.35. The molecule has 6 aromatic rings. The molecule has 0 amide bonds. The number of esters is 3. The first-order valence-corrected chi connectivity index (χ1v) is 22.9. The van der Waals surface area contributed by atoms with E-state index in [-0.39, 0.29) is 18.2 Å². The third-order valence-electron chi connectivity index (χ3n) is 11.2. The second-order valence-corrected chi connectivity index (χ2v) is 17.1. The predicted octanol–water partition coefficient (Wildman–Crippen LogP) is 10.0. The van der Waals surface area contributed by atoms with Gasteiger partial charge in [0, 0.05) is 37.1 Å². The van der Waals surface area contributed by atoms with Gasteiger partial charge in [0.2, 0.25) is 0 Å². The van der Waals surface area contributed by atoms with Gasteiger partial charge in [-0.3, -0.25) is 9.98 Å². The Balaban J connectivity index is 0.000000207. The maximum absolute atomic E-state index is 13.5. The molecule has 3 atom stereocenters. The Morgan fingerprint density at radius 3 is 1.40 bits per heavy atom. The number of rotatable bonds is 10. The van der Waals surface area contributed by atoms with Gasteiger partial charge in [-0.2, -0.15) is 9.59 Å². The number of carbonyl (C=O) groups is 3. The lowest BCUT2D eigenvalue weighted by atomic mass is 9.79. The molecule has 13 heteroatoms. The van der Waals surface area contributed by atoms with Gasteiger partial charge >= 0.3 is 24.1 Å². The molecule has 0 saturated heterocycles. The van der Waals surface area contributed by atoms with E-state index in [0.717, 1.165) is 72.9 Å². The summed E-state index contributed by atoms with van der Waals surface area (Å²) in [6.07, 6.45) is 3.21. The van der Waals surface area contributed by atoms with E-state index in [9.17, 15) is 19.5 Å². The fourth-order valence-corrected chi connectivity index (χ4v) is 8.75. The smallest absolute Gasteiger partial charge is 0.373 e. The van der Waals surface area contributed by atoms with Gasteiger partial charge in [-0.25, -0.2) is 14.4 Å². The van der Waals surface area contributed by atoms with Gasteiger partial charge in [0.25, 0.3) is 5.54 Å². The number of ether oxygens (including phenoxy) is 3. The number of nitrogens with zero attached hydrogens (tertiary/aromatic N) is 2. The Hall–Kier alpha value is -6.63. The van der Waals surface area contributed by atoms with Gasteiger partial charge in [0.05, 0.1) is 38.9 Å². The lowest BCUT2D eigenvalue weighted by Crippen LogP contribution is -2.51. The van der Waals surface area contributed by atoms with E-state index >= 15 is 0 Å². The highest BCUT2D eigenvalue weighted by Gasteiger charge is 2.57. The van der Waals surface area contributed by atoms with Gasteiger partial charge in [0.1, 0.15) is 6.04 Å². The molecule has 0 fully saturated rings. The monoisotopic (exact) mass is 1030 g/mol. The van der Waals surface area contributed by atoms with Crippen molar-refractivity contribution in [2.24, 2.45) is 9.98 Å². The topological polar surface area (TPSA) is 158 Å². The van der Waals surface area contributed by atoms with Crippen LogP contribution in [0.2, 0.25) is 0 Å². The van der Waals surface area contributed by atoms with Crippen LogP contribution in [0.3, 0.4) is 0 Å². The maximum Gasteiger partial charge on any atom is 0.373 e. The quantitative estimate of drug-likeness (QED) is 0.0610. The third kappa shape index (κ3) is 13.0. The Morgan fingerprint density at radius 1 is 0.597 bits per heavy atom. The minimum absolute atomic E-state index is 0.234. The van der Waals surface area contributed by atoms with Crippen molar-refractivity contribution in [3.63, 3.8) is 0 Å². The molecule has 0 aliphatic heterocycles. The van der Waals surface area contributed by atoms with Gasteiger partial charge in [0.15, 0.2) is 0 Å². The summed E-state index contributed by atoms with van der Waals surface area (Å²) in [6.45, 7) is 1.73. The number of aliphatic imine (C=N–C) groups is 2. The van der Waals surface area contributed by atoms with Crippen LogP contribution in [0.15, 0.2) is 177 Å². The van der Waals surface area contributed by atoms with E-state index in [1.54, 1.807) is 6.92 Å². The average molecular weight is 1030 g/mol. The summed E-state index contributed by atoms with van der Waals surface area (Å²) in [6, 6.07) is 50.2. The van der Waals surface area contributed by atoms with E-state index < -0.39 is 29.4 Å². The van der Waals surface area contributed by atoms with Crippen molar-refractivity contribution < 1.29 is 43.3 Å². The number of aliphatic hydroxyl groups is 1. The molecule has 2 aliphatic rings. The third-order valence-corrected chi connectivity index (χ3v) is 12.2. The lowest BCUT2D eigenvalue weighted by molar-refractivity contribution is -0.191. The lowest BCUT2D eigenvalue weighted by Gasteiger charge is -2.32. The summed E-state index contributed by atoms with van der Waals surface area (Å²) in [4.78, 5) is 64.3. The molecule has 344 valence electrons.